The Morgan fingerprint density at radius 1 is 1.29 bits per heavy atom. The third kappa shape index (κ3) is 4.55. The van der Waals surface area contributed by atoms with Gasteiger partial charge in [-0.15, -0.1) is 0 Å². The fourth-order valence-corrected chi connectivity index (χ4v) is 2.51. The Labute approximate surface area is 125 Å². The summed E-state index contributed by atoms with van der Waals surface area (Å²) < 4.78 is 1.84. The average Bonchev–Trinajstić information content (AvgIpc) is 2.46. The van der Waals surface area contributed by atoms with E-state index in [4.69, 9.17) is 0 Å². The second-order valence-corrected chi connectivity index (χ2v) is 5.71. The SMILES string of the molecule is CC[C@H](C)NC(=O)NC(=O)C[n+]1ccc2c(c1)CCCC2. The highest BCUT2D eigenvalue weighted by molar-refractivity contribution is 5.93. The summed E-state index contributed by atoms with van der Waals surface area (Å²) in [5.74, 6) is -0.295. The van der Waals surface area contributed by atoms with Crippen molar-refractivity contribution in [3.8, 4) is 0 Å². The van der Waals surface area contributed by atoms with Crippen LogP contribution in [-0.4, -0.2) is 18.0 Å². The average molecular weight is 290 g/mol. The first-order chi connectivity index (χ1) is 10.1. The smallest absolute Gasteiger partial charge is 0.321 e. The van der Waals surface area contributed by atoms with E-state index in [1.807, 2.05) is 30.8 Å². The maximum Gasteiger partial charge on any atom is 0.321 e. The van der Waals surface area contributed by atoms with Gasteiger partial charge in [0.1, 0.15) is 0 Å². The number of nitrogens with zero attached hydrogens (tertiary/aromatic N) is 1. The molecule has 2 N–H and O–H groups in total. The van der Waals surface area contributed by atoms with E-state index in [1.54, 1.807) is 0 Å². The van der Waals surface area contributed by atoms with Gasteiger partial charge < -0.3 is 5.32 Å². The quantitative estimate of drug-likeness (QED) is 0.825. The molecule has 0 radical (unpaired) electrons. The molecule has 1 aliphatic carbocycles. The van der Waals surface area contributed by atoms with E-state index in [9.17, 15) is 9.59 Å². The molecule has 0 bridgehead atoms. The van der Waals surface area contributed by atoms with Gasteiger partial charge in [0.05, 0.1) is 0 Å². The molecule has 1 aliphatic rings. The largest absolute Gasteiger partial charge is 0.335 e. The maximum atomic E-state index is 11.9. The van der Waals surface area contributed by atoms with Crippen molar-refractivity contribution in [2.24, 2.45) is 0 Å². The van der Waals surface area contributed by atoms with Crippen molar-refractivity contribution in [3.05, 3.63) is 29.6 Å². The second kappa shape index (κ2) is 7.20. The van der Waals surface area contributed by atoms with Gasteiger partial charge in [-0.2, -0.15) is 4.57 Å². The summed E-state index contributed by atoms with van der Waals surface area (Å²) in [6.45, 7) is 4.05. The second-order valence-electron chi connectivity index (χ2n) is 5.71. The summed E-state index contributed by atoms with van der Waals surface area (Å²) in [6, 6.07) is 1.73. The molecule has 0 aromatic carbocycles. The zero-order chi connectivity index (χ0) is 15.2. The number of hydrogen-bond acceptors (Lipinski definition) is 2. The summed E-state index contributed by atoms with van der Waals surface area (Å²) in [5, 5.41) is 5.08. The van der Waals surface area contributed by atoms with Gasteiger partial charge in [-0.05, 0) is 44.6 Å². The number of fused-ring (bicyclic) bond motifs is 1. The fourth-order valence-electron chi connectivity index (χ4n) is 2.51. The summed E-state index contributed by atoms with van der Waals surface area (Å²) in [5.41, 5.74) is 2.70. The lowest BCUT2D eigenvalue weighted by Gasteiger charge is -2.13. The Bertz CT molecular complexity index is 528. The topological polar surface area (TPSA) is 62.1 Å². The first-order valence-electron chi connectivity index (χ1n) is 7.69. The summed E-state index contributed by atoms with van der Waals surface area (Å²) in [7, 11) is 0. The van der Waals surface area contributed by atoms with Crippen LogP contribution < -0.4 is 15.2 Å². The van der Waals surface area contributed by atoms with E-state index >= 15 is 0 Å². The lowest BCUT2D eigenvalue weighted by atomic mass is 9.93. The van der Waals surface area contributed by atoms with Crippen LogP contribution in [0.3, 0.4) is 0 Å². The van der Waals surface area contributed by atoms with E-state index in [-0.39, 0.29) is 18.5 Å². The van der Waals surface area contributed by atoms with Crippen molar-refractivity contribution in [2.75, 3.05) is 0 Å². The zero-order valence-electron chi connectivity index (χ0n) is 12.8. The Kier molecular flexibility index (Phi) is 5.31. The van der Waals surface area contributed by atoms with Crippen LogP contribution in [0.4, 0.5) is 4.79 Å². The van der Waals surface area contributed by atoms with Crippen LogP contribution in [-0.2, 0) is 24.2 Å². The highest BCUT2D eigenvalue weighted by Crippen LogP contribution is 2.18. The number of carbonyl (C=O) groups is 2. The van der Waals surface area contributed by atoms with Crippen molar-refractivity contribution >= 4 is 11.9 Å². The number of urea groups is 1. The predicted molar refractivity (Wildman–Crippen MR) is 79.7 cm³/mol. The molecule has 0 saturated heterocycles. The van der Waals surface area contributed by atoms with Gasteiger partial charge in [-0.1, -0.05) is 6.92 Å². The van der Waals surface area contributed by atoms with Crippen LogP contribution in [0.1, 0.15) is 44.2 Å². The molecule has 1 heterocycles. The van der Waals surface area contributed by atoms with Crippen LogP contribution in [0.2, 0.25) is 0 Å². The third-order valence-corrected chi connectivity index (χ3v) is 3.91. The first kappa shape index (κ1) is 15.5. The molecule has 1 aromatic heterocycles. The molecule has 114 valence electrons. The van der Waals surface area contributed by atoms with Crippen LogP contribution in [0, 0.1) is 0 Å². The molecular weight excluding hydrogens is 266 g/mol. The Hall–Kier alpha value is -1.91. The molecule has 0 unspecified atom stereocenters. The number of carbonyl (C=O) groups excluding carboxylic acids is 2. The number of imide groups is 1. The number of amides is 3. The standard InChI is InChI=1S/C16H23N3O2/c1-3-12(2)17-16(21)18-15(20)11-19-9-8-13-6-4-5-7-14(13)10-19/h8-10,12H,3-7,11H2,1-2H3,(H-,17,18,20,21)/p+1/t12-/m0/s1. The van der Waals surface area contributed by atoms with Crippen LogP contribution >= 0.6 is 0 Å². The van der Waals surface area contributed by atoms with Crippen molar-refractivity contribution < 1.29 is 14.2 Å². The summed E-state index contributed by atoms with van der Waals surface area (Å²) in [6.07, 6.45) is 9.43. The van der Waals surface area contributed by atoms with Crippen molar-refractivity contribution in [1.82, 2.24) is 10.6 Å². The minimum absolute atomic E-state index is 0.0641. The molecule has 5 nitrogen and oxygen atoms in total. The first-order valence-corrected chi connectivity index (χ1v) is 7.69. The van der Waals surface area contributed by atoms with Gasteiger partial charge in [0.2, 0.25) is 6.54 Å². The monoisotopic (exact) mass is 290 g/mol. The molecule has 1 aromatic rings. The molecule has 0 spiro atoms. The Morgan fingerprint density at radius 3 is 2.71 bits per heavy atom. The van der Waals surface area contributed by atoms with Gasteiger partial charge in [-0.3, -0.25) is 10.1 Å². The number of nitrogens with one attached hydrogen (secondary N) is 2. The lowest BCUT2D eigenvalue weighted by Crippen LogP contribution is -2.49. The minimum Gasteiger partial charge on any atom is -0.335 e. The molecule has 2 rings (SSSR count). The molecule has 0 saturated carbocycles. The van der Waals surface area contributed by atoms with Gasteiger partial charge in [0, 0.05) is 17.7 Å². The number of hydrogen-bond donors (Lipinski definition) is 2. The zero-order valence-corrected chi connectivity index (χ0v) is 12.8. The minimum atomic E-state index is -0.423. The van der Waals surface area contributed by atoms with Gasteiger partial charge in [0.15, 0.2) is 12.4 Å². The maximum absolute atomic E-state index is 11.9. The van der Waals surface area contributed by atoms with Crippen molar-refractivity contribution in [2.45, 2.75) is 58.5 Å². The van der Waals surface area contributed by atoms with Crippen molar-refractivity contribution in [3.63, 3.8) is 0 Å². The molecule has 0 aliphatic heterocycles. The van der Waals surface area contributed by atoms with Gasteiger partial charge >= 0.3 is 6.03 Å². The number of pyridine rings is 1. The Balaban J connectivity index is 1.89. The van der Waals surface area contributed by atoms with Gasteiger partial charge in [-0.25, -0.2) is 4.79 Å². The van der Waals surface area contributed by atoms with E-state index < -0.39 is 6.03 Å². The number of aromatic nitrogens is 1. The van der Waals surface area contributed by atoms with E-state index in [2.05, 4.69) is 16.7 Å². The number of aryl methyl sites for hydroxylation is 2. The molecule has 5 heteroatoms. The summed E-state index contributed by atoms with van der Waals surface area (Å²) >= 11 is 0. The summed E-state index contributed by atoms with van der Waals surface area (Å²) in [4.78, 5) is 23.5. The highest BCUT2D eigenvalue weighted by Gasteiger charge is 2.17. The van der Waals surface area contributed by atoms with Crippen molar-refractivity contribution in [1.29, 1.82) is 0 Å². The Morgan fingerprint density at radius 2 is 2.00 bits per heavy atom. The van der Waals surface area contributed by atoms with E-state index in [0.29, 0.717) is 0 Å². The lowest BCUT2D eigenvalue weighted by molar-refractivity contribution is -0.684. The number of rotatable bonds is 4. The predicted octanol–water partition coefficient (Wildman–Crippen LogP) is 1.48. The highest BCUT2D eigenvalue weighted by atomic mass is 16.2. The van der Waals surface area contributed by atoms with E-state index in [1.165, 1.54) is 24.0 Å². The fraction of sp³-hybridized carbons (Fsp3) is 0.562. The van der Waals surface area contributed by atoms with Crippen LogP contribution in [0.25, 0.3) is 0 Å². The molecule has 21 heavy (non-hydrogen) atoms. The van der Waals surface area contributed by atoms with E-state index in [0.717, 1.165) is 19.3 Å². The van der Waals surface area contributed by atoms with Gasteiger partial charge in [0.25, 0.3) is 5.91 Å². The normalized spacial score (nSPS) is 15.0. The third-order valence-electron chi connectivity index (χ3n) is 3.91. The van der Waals surface area contributed by atoms with Crippen LogP contribution in [0.15, 0.2) is 18.5 Å². The molecule has 3 amide bonds. The molecular formula is C16H24N3O2+. The molecule has 0 fully saturated rings. The van der Waals surface area contributed by atoms with Crippen LogP contribution in [0.5, 0.6) is 0 Å². The molecule has 1 atom stereocenters.